The predicted octanol–water partition coefficient (Wildman–Crippen LogP) is 6.89. The lowest BCUT2D eigenvalue weighted by Gasteiger charge is -2.27. The van der Waals surface area contributed by atoms with Crippen LogP contribution in [0.2, 0.25) is 0 Å². The Hall–Kier alpha value is -4.58. The summed E-state index contributed by atoms with van der Waals surface area (Å²) >= 11 is 0. The molecule has 1 N–H and O–H groups in total. The number of carbonyl (C=O) groups is 1. The van der Waals surface area contributed by atoms with Crippen molar-refractivity contribution in [2.45, 2.75) is 32.3 Å². The number of nitrogens with zero attached hydrogens (tertiary/aromatic N) is 1. The monoisotopic (exact) mass is 507 g/mol. The number of hydrogen-bond acceptors (Lipinski definition) is 5. The molecule has 1 aromatic heterocycles. The molecule has 1 atom stereocenters. The number of aliphatic carboxylic acids is 1. The first-order valence-electron chi connectivity index (χ1n) is 12.6. The Morgan fingerprint density at radius 1 is 0.895 bits per heavy atom. The molecule has 192 valence electrons. The van der Waals surface area contributed by atoms with Crippen molar-refractivity contribution in [2.24, 2.45) is 0 Å². The van der Waals surface area contributed by atoms with Crippen molar-refractivity contribution in [2.75, 3.05) is 6.61 Å². The zero-order chi connectivity index (χ0) is 26.5. The second kappa shape index (κ2) is 10.8. The fraction of sp³-hybridized carbons (Fsp3) is 0.188. The van der Waals surface area contributed by atoms with E-state index in [2.05, 4.69) is 4.98 Å². The number of hydrogen-bond donors (Lipinski definition) is 1. The summed E-state index contributed by atoms with van der Waals surface area (Å²) in [5, 5.41) is 11.9. The number of rotatable bonds is 10. The number of benzene rings is 4. The summed E-state index contributed by atoms with van der Waals surface area (Å²) < 4.78 is 18.0. The van der Waals surface area contributed by atoms with Gasteiger partial charge >= 0.3 is 5.97 Å². The highest BCUT2D eigenvalue weighted by Gasteiger charge is 2.36. The van der Waals surface area contributed by atoms with E-state index >= 15 is 0 Å². The molecular formula is C32H29NO5. The van der Waals surface area contributed by atoms with Gasteiger partial charge in [0.15, 0.2) is 0 Å². The molecule has 5 rings (SSSR count). The number of carboxylic acid groups (broad SMARTS) is 1. The molecule has 6 heteroatoms. The molecule has 4 aromatic carbocycles. The lowest BCUT2D eigenvalue weighted by Crippen LogP contribution is -2.43. The summed E-state index contributed by atoms with van der Waals surface area (Å²) in [4.78, 5) is 16.9. The van der Waals surface area contributed by atoms with Crippen molar-refractivity contribution in [3.05, 3.63) is 114 Å². The molecule has 1 heterocycles. The minimum atomic E-state index is -1.44. The molecule has 0 bridgehead atoms. The van der Waals surface area contributed by atoms with Gasteiger partial charge in [0.2, 0.25) is 11.5 Å². The Morgan fingerprint density at radius 2 is 1.55 bits per heavy atom. The molecule has 0 fully saturated rings. The van der Waals surface area contributed by atoms with Gasteiger partial charge in [0, 0.05) is 23.8 Å². The Balaban J connectivity index is 1.34. The topological polar surface area (TPSA) is 81.8 Å². The quantitative estimate of drug-likeness (QED) is 0.222. The number of aryl methyl sites for hydroxylation is 1. The maximum absolute atomic E-state index is 12.3. The highest BCUT2D eigenvalue weighted by molar-refractivity contribution is 5.92. The number of aromatic nitrogens is 1. The van der Waals surface area contributed by atoms with Crippen molar-refractivity contribution < 1.29 is 23.8 Å². The molecule has 0 spiro atoms. The van der Waals surface area contributed by atoms with E-state index in [1.807, 2.05) is 91.9 Å². The highest BCUT2D eigenvalue weighted by Crippen LogP contribution is 2.32. The van der Waals surface area contributed by atoms with Crippen LogP contribution in [0.4, 0.5) is 0 Å². The Morgan fingerprint density at radius 3 is 2.26 bits per heavy atom. The van der Waals surface area contributed by atoms with Crippen LogP contribution in [-0.2, 0) is 17.6 Å². The molecule has 1 unspecified atom stereocenters. The first kappa shape index (κ1) is 25.1. The minimum Gasteiger partial charge on any atom is -0.493 e. The molecule has 0 saturated carbocycles. The standard InChI is InChI=1S/C32H29NO5/c1-22-28(33-30(37-22)23-11-5-3-6-12-23)19-20-36-29-18-17-24(26-15-9-10-16-27(26)29)21-32(2,31(34)35)38-25-13-7-4-8-14-25/h3-18H,19-21H2,1-2H3,(H,34,35). The fourth-order valence-electron chi connectivity index (χ4n) is 4.50. The van der Waals surface area contributed by atoms with Crippen molar-refractivity contribution in [3.63, 3.8) is 0 Å². The van der Waals surface area contributed by atoms with Gasteiger partial charge in [0.05, 0.1) is 12.3 Å². The maximum atomic E-state index is 12.3. The Labute approximate surface area is 221 Å². The summed E-state index contributed by atoms with van der Waals surface area (Å²) in [7, 11) is 0. The van der Waals surface area contributed by atoms with Crippen LogP contribution in [0.25, 0.3) is 22.2 Å². The van der Waals surface area contributed by atoms with Crippen LogP contribution >= 0.6 is 0 Å². The average Bonchev–Trinajstić information content (AvgIpc) is 3.31. The SMILES string of the molecule is Cc1oc(-c2ccccc2)nc1CCOc1ccc(CC(C)(Oc2ccccc2)C(=O)O)c2ccccc12. The molecule has 0 amide bonds. The molecule has 0 aliphatic carbocycles. The lowest BCUT2D eigenvalue weighted by atomic mass is 9.92. The van der Waals surface area contributed by atoms with E-state index < -0.39 is 11.6 Å². The van der Waals surface area contributed by atoms with E-state index in [1.165, 1.54) is 0 Å². The van der Waals surface area contributed by atoms with Crippen molar-refractivity contribution in [1.29, 1.82) is 0 Å². The fourth-order valence-corrected chi connectivity index (χ4v) is 4.50. The second-order valence-corrected chi connectivity index (χ2v) is 9.38. The Bertz CT molecular complexity index is 1540. The van der Waals surface area contributed by atoms with Gasteiger partial charge in [-0.1, -0.05) is 66.7 Å². The summed E-state index contributed by atoms with van der Waals surface area (Å²) in [6.07, 6.45) is 0.790. The molecule has 0 aliphatic rings. The number of fused-ring (bicyclic) bond motifs is 1. The highest BCUT2D eigenvalue weighted by atomic mass is 16.5. The van der Waals surface area contributed by atoms with Gasteiger partial charge in [-0.3, -0.25) is 0 Å². The van der Waals surface area contributed by atoms with Crippen molar-refractivity contribution in [1.82, 2.24) is 4.98 Å². The summed E-state index contributed by atoms with van der Waals surface area (Å²) in [5.74, 6) is 1.60. The molecule has 0 aliphatic heterocycles. The van der Waals surface area contributed by atoms with Gasteiger partial charge in [-0.2, -0.15) is 0 Å². The smallest absolute Gasteiger partial charge is 0.348 e. The van der Waals surface area contributed by atoms with Crippen LogP contribution in [-0.4, -0.2) is 28.3 Å². The van der Waals surface area contributed by atoms with E-state index in [9.17, 15) is 9.90 Å². The van der Waals surface area contributed by atoms with Gasteiger partial charge in [-0.15, -0.1) is 0 Å². The van der Waals surface area contributed by atoms with Crippen LogP contribution in [0.5, 0.6) is 11.5 Å². The second-order valence-electron chi connectivity index (χ2n) is 9.38. The number of ether oxygens (including phenoxy) is 2. The first-order valence-corrected chi connectivity index (χ1v) is 12.6. The average molecular weight is 508 g/mol. The van der Waals surface area contributed by atoms with E-state index in [-0.39, 0.29) is 6.42 Å². The van der Waals surface area contributed by atoms with Gasteiger partial charge in [-0.25, -0.2) is 9.78 Å². The molecule has 38 heavy (non-hydrogen) atoms. The van der Waals surface area contributed by atoms with Crippen molar-refractivity contribution in [3.8, 4) is 23.0 Å². The molecule has 0 saturated heterocycles. The van der Waals surface area contributed by atoms with Crippen LogP contribution in [0.15, 0.2) is 101 Å². The zero-order valence-electron chi connectivity index (χ0n) is 21.4. The minimum absolute atomic E-state index is 0.193. The van der Waals surface area contributed by atoms with Crippen molar-refractivity contribution >= 4 is 16.7 Å². The van der Waals surface area contributed by atoms with Gasteiger partial charge in [0.1, 0.15) is 17.3 Å². The van der Waals surface area contributed by atoms with E-state index in [1.54, 1.807) is 19.1 Å². The lowest BCUT2D eigenvalue weighted by molar-refractivity contribution is -0.153. The van der Waals surface area contributed by atoms with Crippen LogP contribution in [0, 0.1) is 6.92 Å². The Kier molecular flexibility index (Phi) is 7.13. The third-order valence-corrected chi connectivity index (χ3v) is 6.55. The van der Waals surface area contributed by atoms with Gasteiger partial charge < -0.3 is 19.0 Å². The zero-order valence-corrected chi connectivity index (χ0v) is 21.4. The van der Waals surface area contributed by atoms with Gasteiger partial charge in [0.25, 0.3) is 0 Å². The molecule has 5 aromatic rings. The maximum Gasteiger partial charge on any atom is 0.348 e. The third-order valence-electron chi connectivity index (χ3n) is 6.55. The van der Waals surface area contributed by atoms with Crippen LogP contribution in [0.1, 0.15) is 23.9 Å². The molecule has 6 nitrogen and oxygen atoms in total. The third kappa shape index (κ3) is 5.39. The number of para-hydroxylation sites is 1. The normalized spacial score (nSPS) is 12.7. The number of carboxylic acids is 1. The van der Waals surface area contributed by atoms with E-state index in [4.69, 9.17) is 13.9 Å². The van der Waals surface area contributed by atoms with E-state index in [0.717, 1.165) is 39.1 Å². The summed E-state index contributed by atoms with van der Waals surface area (Å²) in [5.41, 5.74) is 1.23. The predicted molar refractivity (Wildman–Crippen MR) is 147 cm³/mol. The number of oxazole rings is 1. The van der Waals surface area contributed by atoms with Crippen LogP contribution in [0.3, 0.4) is 0 Å². The van der Waals surface area contributed by atoms with Crippen LogP contribution < -0.4 is 9.47 Å². The summed E-state index contributed by atoms with van der Waals surface area (Å²) in [6, 6.07) is 30.5. The summed E-state index contributed by atoms with van der Waals surface area (Å²) in [6.45, 7) is 3.94. The molecular weight excluding hydrogens is 478 g/mol. The van der Waals surface area contributed by atoms with E-state index in [0.29, 0.717) is 24.7 Å². The largest absolute Gasteiger partial charge is 0.493 e. The molecule has 0 radical (unpaired) electrons. The van der Waals surface area contributed by atoms with Gasteiger partial charge in [-0.05, 0) is 55.1 Å². The first-order chi connectivity index (χ1) is 18.4.